The Labute approximate surface area is 121 Å². The Bertz CT molecular complexity index is 535. The monoisotopic (exact) mass is 298 g/mol. The highest BCUT2D eigenvalue weighted by atomic mass is 35.5. The lowest BCUT2D eigenvalue weighted by atomic mass is 10.0. The van der Waals surface area contributed by atoms with Gasteiger partial charge in [0.15, 0.2) is 0 Å². The van der Waals surface area contributed by atoms with Gasteiger partial charge in [-0.05, 0) is 31.4 Å². The number of carbonyl (C=O) groups excluding carboxylic acids is 1. The van der Waals surface area contributed by atoms with Crippen LogP contribution in [0.15, 0.2) is 18.2 Å². The fourth-order valence-electron chi connectivity index (χ4n) is 2.49. The Morgan fingerprint density at radius 1 is 1.50 bits per heavy atom. The minimum Gasteiger partial charge on any atom is -0.394 e. The number of hydrogen-bond donors (Lipinski definition) is 1. The summed E-state index contributed by atoms with van der Waals surface area (Å²) in [5.41, 5.74) is -0.399. The van der Waals surface area contributed by atoms with Crippen LogP contribution >= 0.6 is 11.6 Å². The van der Waals surface area contributed by atoms with Gasteiger partial charge < -0.3 is 10.0 Å². The minimum atomic E-state index is -0.645. The van der Waals surface area contributed by atoms with Gasteiger partial charge in [-0.15, -0.1) is 0 Å². The molecule has 0 aromatic heterocycles. The second-order valence-corrected chi connectivity index (χ2v) is 5.13. The molecular formula is C13H15ClN2O4. The Hall–Kier alpha value is -1.66. The first-order valence-electron chi connectivity index (χ1n) is 6.41. The number of piperidine rings is 1. The number of nitrogens with zero attached hydrogens (tertiary/aromatic N) is 2. The Balaban J connectivity index is 2.38. The van der Waals surface area contributed by atoms with Crippen LogP contribution in [0.2, 0.25) is 5.02 Å². The van der Waals surface area contributed by atoms with E-state index in [0.717, 1.165) is 12.8 Å². The van der Waals surface area contributed by atoms with Gasteiger partial charge in [0.1, 0.15) is 10.6 Å². The number of aliphatic hydroxyl groups excluding tert-OH is 1. The molecule has 1 heterocycles. The van der Waals surface area contributed by atoms with Gasteiger partial charge in [-0.2, -0.15) is 0 Å². The number of hydrogen-bond acceptors (Lipinski definition) is 4. The molecule has 1 saturated heterocycles. The molecule has 20 heavy (non-hydrogen) atoms. The molecule has 1 aliphatic heterocycles. The smallest absolute Gasteiger partial charge is 0.300 e. The molecule has 108 valence electrons. The maximum Gasteiger partial charge on any atom is 0.300 e. The summed E-state index contributed by atoms with van der Waals surface area (Å²) in [7, 11) is 0. The number of halogens is 1. The average Bonchev–Trinajstić information content (AvgIpc) is 2.45. The number of benzene rings is 1. The molecule has 1 aromatic rings. The minimum absolute atomic E-state index is 0.0251. The van der Waals surface area contributed by atoms with Crippen molar-refractivity contribution in [2.45, 2.75) is 25.3 Å². The number of nitro benzene ring substituents is 1. The summed E-state index contributed by atoms with van der Waals surface area (Å²) in [6.45, 7) is 0.355. The number of aliphatic hydroxyl groups is 1. The van der Waals surface area contributed by atoms with Crippen LogP contribution in [0, 0.1) is 10.1 Å². The van der Waals surface area contributed by atoms with Gasteiger partial charge in [0.05, 0.1) is 17.6 Å². The number of nitro groups is 1. The van der Waals surface area contributed by atoms with Crippen molar-refractivity contribution in [3.05, 3.63) is 38.9 Å². The summed E-state index contributed by atoms with van der Waals surface area (Å²) >= 11 is 5.82. The summed E-state index contributed by atoms with van der Waals surface area (Å²) in [6, 6.07) is 4.02. The molecule has 0 aliphatic carbocycles. The van der Waals surface area contributed by atoms with Crippen LogP contribution in [0.1, 0.15) is 29.6 Å². The lowest BCUT2D eigenvalue weighted by molar-refractivity contribution is -0.385. The zero-order chi connectivity index (χ0) is 14.7. The largest absolute Gasteiger partial charge is 0.394 e. The normalized spacial score (nSPS) is 18.9. The highest BCUT2D eigenvalue weighted by Crippen LogP contribution is 2.30. The third kappa shape index (κ3) is 2.76. The number of amides is 1. The summed E-state index contributed by atoms with van der Waals surface area (Å²) in [6.07, 6.45) is 2.47. The van der Waals surface area contributed by atoms with Crippen LogP contribution in [-0.4, -0.2) is 40.0 Å². The number of likely N-dealkylation sites (tertiary alicyclic amines) is 1. The SMILES string of the molecule is O=C(c1cccc(Cl)c1[N+](=O)[O-])N1CCCCC1CO. The first-order valence-corrected chi connectivity index (χ1v) is 6.78. The van der Waals surface area contributed by atoms with Crippen molar-refractivity contribution in [1.29, 1.82) is 0 Å². The van der Waals surface area contributed by atoms with E-state index in [2.05, 4.69) is 0 Å². The molecule has 0 radical (unpaired) electrons. The molecule has 0 saturated carbocycles. The topological polar surface area (TPSA) is 83.7 Å². The Kier molecular flexibility index (Phi) is 4.57. The molecule has 1 N–H and O–H groups in total. The summed E-state index contributed by atoms with van der Waals surface area (Å²) < 4.78 is 0. The molecule has 1 atom stereocenters. The lowest BCUT2D eigenvalue weighted by Crippen LogP contribution is -2.45. The van der Waals surface area contributed by atoms with Gasteiger partial charge in [0, 0.05) is 6.54 Å². The van der Waals surface area contributed by atoms with Crippen LogP contribution in [-0.2, 0) is 0 Å². The second-order valence-electron chi connectivity index (χ2n) is 4.72. The van der Waals surface area contributed by atoms with Gasteiger partial charge in [-0.3, -0.25) is 14.9 Å². The predicted molar refractivity (Wildman–Crippen MR) is 73.9 cm³/mol. The van der Waals surface area contributed by atoms with Gasteiger partial charge in [0.25, 0.3) is 5.91 Å². The molecule has 2 rings (SSSR count). The van der Waals surface area contributed by atoms with Crippen LogP contribution in [0.5, 0.6) is 0 Å². The van der Waals surface area contributed by atoms with Crippen molar-refractivity contribution in [2.75, 3.05) is 13.2 Å². The van der Waals surface area contributed by atoms with Crippen molar-refractivity contribution < 1.29 is 14.8 Å². The Morgan fingerprint density at radius 3 is 2.90 bits per heavy atom. The molecule has 7 heteroatoms. The van der Waals surface area contributed by atoms with E-state index in [1.807, 2.05) is 0 Å². The van der Waals surface area contributed by atoms with Crippen molar-refractivity contribution in [1.82, 2.24) is 4.90 Å². The van der Waals surface area contributed by atoms with Crippen LogP contribution < -0.4 is 0 Å². The summed E-state index contributed by atoms with van der Waals surface area (Å²) in [4.78, 5) is 24.4. The van der Waals surface area contributed by atoms with Gasteiger partial charge in [-0.25, -0.2) is 0 Å². The molecule has 1 unspecified atom stereocenters. The van der Waals surface area contributed by atoms with Gasteiger partial charge in [0.2, 0.25) is 0 Å². The molecule has 6 nitrogen and oxygen atoms in total. The van der Waals surface area contributed by atoms with Gasteiger partial charge in [-0.1, -0.05) is 17.7 Å². The molecule has 1 aliphatic rings. The zero-order valence-electron chi connectivity index (χ0n) is 10.8. The first kappa shape index (κ1) is 14.7. The summed E-state index contributed by atoms with van der Waals surface area (Å²) in [5.74, 6) is -0.446. The van der Waals surface area contributed by atoms with Crippen LogP contribution in [0.3, 0.4) is 0 Å². The van der Waals surface area contributed by atoms with E-state index < -0.39 is 10.8 Å². The third-order valence-corrected chi connectivity index (χ3v) is 3.80. The number of rotatable bonds is 3. The second kappa shape index (κ2) is 6.19. The standard InChI is InChI=1S/C13H15ClN2O4/c14-11-6-3-5-10(12(11)16(19)20)13(18)15-7-2-1-4-9(15)8-17/h3,5-6,9,17H,1-2,4,7-8H2. The Morgan fingerprint density at radius 2 is 2.25 bits per heavy atom. The van der Waals surface area contributed by atoms with E-state index in [1.54, 1.807) is 0 Å². The van der Waals surface area contributed by atoms with Gasteiger partial charge >= 0.3 is 5.69 Å². The average molecular weight is 299 g/mol. The van der Waals surface area contributed by atoms with E-state index in [0.29, 0.717) is 13.0 Å². The quantitative estimate of drug-likeness (QED) is 0.685. The lowest BCUT2D eigenvalue weighted by Gasteiger charge is -2.34. The maximum atomic E-state index is 12.5. The van der Waals surface area contributed by atoms with E-state index >= 15 is 0 Å². The van der Waals surface area contributed by atoms with Crippen molar-refractivity contribution >= 4 is 23.2 Å². The molecule has 1 fully saturated rings. The van der Waals surface area contributed by atoms with Crippen molar-refractivity contribution in [2.24, 2.45) is 0 Å². The first-order chi connectivity index (χ1) is 9.56. The fraction of sp³-hybridized carbons (Fsp3) is 0.462. The fourth-order valence-corrected chi connectivity index (χ4v) is 2.73. The molecular weight excluding hydrogens is 284 g/mol. The zero-order valence-corrected chi connectivity index (χ0v) is 11.5. The number of para-hydroxylation sites is 1. The molecule has 1 amide bonds. The molecule has 1 aromatic carbocycles. The third-order valence-electron chi connectivity index (χ3n) is 3.50. The van der Waals surface area contributed by atoms with Crippen molar-refractivity contribution in [3.63, 3.8) is 0 Å². The molecule has 0 bridgehead atoms. The van der Waals surface area contributed by atoms with E-state index in [-0.39, 0.29) is 28.9 Å². The van der Waals surface area contributed by atoms with Crippen molar-refractivity contribution in [3.8, 4) is 0 Å². The highest BCUT2D eigenvalue weighted by molar-refractivity contribution is 6.33. The highest BCUT2D eigenvalue weighted by Gasteiger charge is 2.32. The van der Waals surface area contributed by atoms with E-state index in [1.165, 1.54) is 23.1 Å². The number of carbonyl (C=O) groups is 1. The van der Waals surface area contributed by atoms with E-state index in [4.69, 9.17) is 11.6 Å². The molecule has 0 spiro atoms. The maximum absolute atomic E-state index is 12.5. The summed E-state index contributed by atoms with van der Waals surface area (Å²) in [5, 5.41) is 20.4. The van der Waals surface area contributed by atoms with Crippen LogP contribution in [0.4, 0.5) is 5.69 Å². The van der Waals surface area contributed by atoms with E-state index in [9.17, 15) is 20.0 Å². The predicted octanol–water partition coefficient (Wildman–Crippen LogP) is 2.24. The van der Waals surface area contributed by atoms with Crippen LogP contribution in [0.25, 0.3) is 0 Å².